The maximum atomic E-state index is 13.8. The Labute approximate surface area is 224 Å². The number of ketones is 1. The fraction of sp³-hybridized carbons (Fsp3) is 0.357. The first-order valence-corrected chi connectivity index (χ1v) is 12.5. The third kappa shape index (κ3) is 4.80. The summed E-state index contributed by atoms with van der Waals surface area (Å²) in [5.74, 6) is 1.02. The predicted molar refractivity (Wildman–Crippen MR) is 141 cm³/mol. The Morgan fingerprint density at radius 1 is 0.892 bits per heavy atom. The van der Waals surface area contributed by atoms with Gasteiger partial charge in [0.1, 0.15) is 0 Å². The van der Waals surface area contributed by atoms with E-state index in [1.807, 2.05) is 31.2 Å². The van der Waals surface area contributed by atoms with E-state index in [0.717, 1.165) is 16.8 Å². The fourth-order valence-electron chi connectivity index (χ4n) is 5.20. The summed E-state index contributed by atoms with van der Waals surface area (Å²) >= 11 is 3.55. The quantitative estimate of drug-likeness (QED) is 0.463. The van der Waals surface area contributed by atoms with Crippen LogP contribution in [0.25, 0.3) is 0 Å². The van der Waals surface area contributed by atoms with Crippen molar-refractivity contribution in [1.29, 1.82) is 0 Å². The van der Waals surface area contributed by atoms with E-state index in [4.69, 9.17) is 23.7 Å². The molecule has 4 rings (SSSR count). The Hall–Kier alpha value is -3.46. The van der Waals surface area contributed by atoms with E-state index in [2.05, 4.69) is 21.2 Å². The Balaban J connectivity index is 1.83. The molecule has 0 saturated heterocycles. The summed E-state index contributed by atoms with van der Waals surface area (Å²) in [6.45, 7) is 1.82. The molecule has 8 nitrogen and oxygen atoms in total. The van der Waals surface area contributed by atoms with Gasteiger partial charge in [0.15, 0.2) is 28.8 Å². The molecule has 37 heavy (non-hydrogen) atoms. The van der Waals surface area contributed by atoms with Crippen LogP contribution < -0.4 is 24.3 Å². The van der Waals surface area contributed by atoms with Gasteiger partial charge in [0.05, 0.1) is 45.6 Å². The Morgan fingerprint density at radius 3 is 2.19 bits per heavy atom. The number of carbonyl (C=O) groups excluding carboxylic acids is 2. The molecule has 0 saturated carbocycles. The predicted octanol–water partition coefficient (Wildman–Crippen LogP) is 5.02. The van der Waals surface area contributed by atoms with Gasteiger partial charge in [0.2, 0.25) is 0 Å². The van der Waals surface area contributed by atoms with Crippen molar-refractivity contribution >= 4 is 27.7 Å². The highest BCUT2D eigenvalue weighted by Gasteiger charge is 2.42. The molecule has 2 aromatic rings. The summed E-state index contributed by atoms with van der Waals surface area (Å²) in [7, 11) is 7.61. The Bertz CT molecular complexity index is 1310. The minimum absolute atomic E-state index is 0.0432. The summed E-state index contributed by atoms with van der Waals surface area (Å²) < 4.78 is 27.6. The zero-order valence-electron chi connectivity index (χ0n) is 21.7. The highest BCUT2D eigenvalue weighted by atomic mass is 79.9. The lowest BCUT2D eigenvalue weighted by Gasteiger charge is -2.37. The number of allylic oxidation sites excluding steroid dienone is 3. The lowest BCUT2D eigenvalue weighted by molar-refractivity contribution is -0.136. The van der Waals surface area contributed by atoms with Crippen molar-refractivity contribution in [3.8, 4) is 23.0 Å². The van der Waals surface area contributed by atoms with Gasteiger partial charge in [-0.25, -0.2) is 4.79 Å². The van der Waals surface area contributed by atoms with Crippen LogP contribution in [0.1, 0.15) is 42.7 Å². The third-order valence-corrected chi connectivity index (χ3v) is 7.49. The molecule has 1 aliphatic carbocycles. The van der Waals surface area contributed by atoms with Crippen LogP contribution in [0.15, 0.2) is 57.3 Å². The summed E-state index contributed by atoms with van der Waals surface area (Å²) in [5.41, 5.74) is 4.07. The lowest BCUT2D eigenvalue weighted by atomic mass is 9.71. The number of Topliss-reactive ketones (excluding diaryl/α,β-unsaturated/α-hetero) is 1. The summed E-state index contributed by atoms with van der Waals surface area (Å²) in [5, 5.41) is 3.34. The molecule has 0 spiro atoms. The smallest absolute Gasteiger partial charge is 0.336 e. The highest BCUT2D eigenvalue weighted by molar-refractivity contribution is 9.10. The SMILES string of the molecule is COC(=O)C1=C(C)NC2=C(C(=O)CC(c3ccc(OC)c(OC)c3)C2)C1c1cc(Br)c(OC)c(OC)c1. The van der Waals surface area contributed by atoms with Gasteiger partial charge < -0.3 is 29.0 Å². The molecule has 2 atom stereocenters. The van der Waals surface area contributed by atoms with Crippen LogP contribution in [-0.4, -0.2) is 47.3 Å². The second-order valence-corrected chi connectivity index (χ2v) is 9.72. The molecule has 1 N–H and O–H groups in total. The monoisotopic (exact) mass is 571 g/mol. The zero-order valence-corrected chi connectivity index (χ0v) is 23.3. The maximum Gasteiger partial charge on any atom is 0.336 e. The molecule has 0 radical (unpaired) electrons. The number of hydrogen-bond acceptors (Lipinski definition) is 8. The van der Waals surface area contributed by atoms with Gasteiger partial charge >= 0.3 is 5.97 Å². The summed E-state index contributed by atoms with van der Waals surface area (Å²) in [6.07, 6.45) is 0.877. The van der Waals surface area contributed by atoms with Gasteiger partial charge in [-0.1, -0.05) is 6.07 Å². The number of hydrogen-bond donors (Lipinski definition) is 1. The zero-order chi connectivity index (χ0) is 26.9. The van der Waals surface area contributed by atoms with E-state index in [0.29, 0.717) is 50.7 Å². The third-order valence-electron chi connectivity index (χ3n) is 6.90. The first-order valence-electron chi connectivity index (χ1n) is 11.7. The second kappa shape index (κ2) is 10.9. The van der Waals surface area contributed by atoms with E-state index >= 15 is 0 Å². The van der Waals surface area contributed by atoms with Gasteiger partial charge in [-0.15, -0.1) is 0 Å². The van der Waals surface area contributed by atoms with Crippen molar-refractivity contribution in [2.45, 2.75) is 31.6 Å². The Morgan fingerprint density at radius 2 is 1.57 bits per heavy atom. The molecular formula is C28H30BrNO7. The molecule has 1 aliphatic heterocycles. The highest BCUT2D eigenvalue weighted by Crippen LogP contribution is 2.48. The van der Waals surface area contributed by atoms with Gasteiger partial charge in [0, 0.05) is 29.3 Å². The van der Waals surface area contributed by atoms with Gasteiger partial charge in [-0.2, -0.15) is 0 Å². The van der Waals surface area contributed by atoms with Crippen molar-refractivity contribution in [3.05, 3.63) is 68.5 Å². The molecule has 0 fully saturated rings. The topological polar surface area (TPSA) is 92.3 Å². The van der Waals surface area contributed by atoms with E-state index < -0.39 is 11.9 Å². The number of nitrogens with one attached hydrogen (secondary N) is 1. The number of benzene rings is 2. The van der Waals surface area contributed by atoms with Crippen molar-refractivity contribution in [2.75, 3.05) is 35.5 Å². The Kier molecular flexibility index (Phi) is 7.82. The molecular weight excluding hydrogens is 542 g/mol. The molecule has 0 bridgehead atoms. The molecule has 2 unspecified atom stereocenters. The molecule has 196 valence electrons. The maximum absolute atomic E-state index is 13.8. The number of halogens is 1. The van der Waals surface area contributed by atoms with E-state index in [9.17, 15) is 9.59 Å². The molecule has 2 aromatic carbocycles. The first kappa shape index (κ1) is 26.6. The number of ether oxygens (including phenoxy) is 5. The molecule has 9 heteroatoms. The van der Waals surface area contributed by atoms with Crippen molar-refractivity contribution < 1.29 is 33.3 Å². The van der Waals surface area contributed by atoms with Gasteiger partial charge in [-0.3, -0.25) is 4.79 Å². The first-order chi connectivity index (χ1) is 17.8. The molecule has 0 aromatic heterocycles. The summed E-state index contributed by atoms with van der Waals surface area (Å²) in [6, 6.07) is 9.37. The van der Waals surface area contributed by atoms with Gasteiger partial charge in [-0.05, 0) is 70.6 Å². The van der Waals surface area contributed by atoms with Crippen molar-refractivity contribution in [3.63, 3.8) is 0 Å². The van der Waals surface area contributed by atoms with Gasteiger partial charge in [0.25, 0.3) is 0 Å². The van der Waals surface area contributed by atoms with E-state index in [-0.39, 0.29) is 18.1 Å². The van der Waals surface area contributed by atoms with Crippen LogP contribution in [0.5, 0.6) is 23.0 Å². The van der Waals surface area contributed by atoms with Crippen molar-refractivity contribution in [2.24, 2.45) is 0 Å². The van der Waals surface area contributed by atoms with E-state index in [1.54, 1.807) is 34.5 Å². The molecule has 2 aliphatic rings. The number of carbonyl (C=O) groups is 2. The minimum atomic E-state index is -0.626. The van der Waals surface area contributed by atoms with Crippen LogP contribution in [0.3, 0.4) is 0 Å². The average molecular weight is 572 g/mol. The number of dihydropyridines is 1. The average Bonchev–Trinajstić information content (AvgIpc) is 2.90. The number of methoxy groups -OCH3 is 5. The second-order valence-electron chi connectivity index (χ2n) is 8.86. The fourth-order valence-corrected chi connectivity index (χ4v) is 5.82. The minimum Gasteiger partial charge on any atom is -0.493 e. The molecule has 1 heterocycles. The van der Waals surface area contributed by atoms with Crippen LogP contribution >= 0.6 is 15.9 Å². The largest absolute Gasteiger partial charge is 0.493 e. The standard InChI is InChI=1S/C28H30BrNO7/c1-14-24(28(32)37-6)25(17-9-18(29)27(36-5)23(13-17)35-4)26-19(30-14)10-16(11-20(26)31)15-7-8-21(33-2)22(12-15)34-3/h7-9,12-13,16,25,30H,10-11H2,1-6H3. The number of rotatable bonds is 7. The van der Waals surface area contributed by atoms with Crippen LogP contribution in [0.2, 0.25) is 0 Å². The van der Waals surface area contributed by atoms with Crippen LogP contribution in [-0.2, 0) is 14.3 Å². The van der Waals surface area contributed by atoms with Crippen molar-refractivity contribution in [1.82, 2.24) is 5.32 Å². The molecule has 0 amide bonds. The van der Waals surface area contributed by atoms with Crippen LogP contribution in [0, 0.1) is 0 Å². The summed E-state index contributed by atoms with van der Waals surface area (Å²) in [4.78, 5) is 26.8. The lowest BCUT2D eigenvalue weighted by Crippen LogP contribution is -2.36. The number of esters is 1. The normalized spacial score (nSPS) is 19.2. The van der Waals surface area contributed by atoms with E-state index in [1.165, 1.54) is 7.11 Å². The van der Waals surface area contributed by atoms with Crippen LogP contribution in [0.4, 0.5) is 0 Å².